The van der Waals surface area contributed by atoms with E-state index >= 15 is 0 Å². The number of hydrogen-bond acceptors (Lipinski definition) is 3. The van der Waals surface area contributed by atoms with Crippen LogP contribution in [-0.4, -0.2) is 22.8 Å². The van der Waals surface area contributed by atoms with Gasteiger partial charge in [-0.05, 0) is 56.2 Å². The van der Waals surface area contributed by atoms with Crippen molar-refractivity contribution in [1.29, 1.82) is 0 Å². The molecule has 1 amide bonds. The number of nitrogens with one attached hydrogen (secondary N) is 1. The van der Waals surface area contributed by atoms with Crippen LogP contribution in [-0.2, 0) is 4.79 Å². The monoisotopic (exact) mass is 339 g/mol. The molecule has 0 radical (unpaired) electrons. The Morgan fingerprint density at radius 3 is 2.24 bits per heavy atom. The topological polar surface area (TPSA) is 83.5 Å². The quantitative estimate of drug-likeness (QED) is 0.782. The van der Waals surface area contributed by atoms with E-state index < -0.39 is 5.97 Å². The van der Waals surface area contributed by atoms with Crippen molar-refractivity contribution in [2.24, 2.45) is 0 Å². The molecule has 2 N–H and O–H groups in total. The summed E-state index contributed by atoms with van der Waals surface area (Å²) in [4.78, 5) is 35.3. The Bertz CT molecular complexity index is 840. The number of ketones is 1. The summed E-state index contributed by atoms with van der Waals surface area (Å²) in [5.74, 6) is -1.34. The fourth-order valence-electron chi connectivity index (χ4n) is 2.60. The van der Waals surface area contributed by atoms with Crippen LogP contribution in [0.2, 0.25) is 0 Å². The summed E-state index contributed by atoms with van der Waals surface area (Å²) in [7, 11) is 0. The van der Waals surface area contributed by atoms with Crippen molar-refractivity contribution in [1.82, 2.24) is 0 Å². The first-order valence-electron chi connectivity index (χ1n) is 8.02. The molecule has 2 aromatic carbocycles. The van der Waals surface area contributed by atoms with E-state index in [1.54, 1.807) is 19.1 Å². The fraction of sp³-hybridized carbons (Fsp3) is 0.250. The van der Waals surface area contributed by atoms with Crippen LogP contribution in [0.4, 0.5) is 5.69 Å². The lowest BCUT2D eigenvalue weighted by molar-refractivity contribution is -0.116. The maximum Gasteiger partial charge on any atom is 0.335 e. The summed E-state index contributed by atoms with van der Waals surface area (Å²) >= 11 is 0. The lowest BCUT2D eigenvalue weighted by Gasteiger charge is -2.09. The summed E-state index contributed by atoms with van der Waals surface area (Å²) < 4.78 is 0. The third-order valence-corrected chi connectivity index (χ3v) is 4.01. The Kier molecular flexibility index (Phi) is 5.70. The zero-order chi connectivity index (χ0) is 18.6. The molecule has 25 heavy (non-hydrogen) atoms. The molecule has 2 aromatic rings. The lowest BCUT2D eigenvalue weighted by atomic mass is 9.99. The second-order valence-corrected chi connectivity index (χ2v) is 6.12. The van der Waals surface area contributed by atoms with E-state index in [0.717, 1.165) is 11.1 Å². The van der Waals surface area contributed by atoms with Gasteiger partial charge in [0.15, 0.2) is 5.78 Å². The second-order valence-electron chi connectivity index (χ2n) is 6.12. The molecule has 0 unspecified atom stereocenters. The molecule has 0 saturated heterocycles. The average Bonchev–Trinajstić information content (AvgIpc) is 2.54. The summed E-state index contributed by atoms with van der Waals surface area (Å²) in [6.45, 7) is 5.47. The third-order valence-electron chi connectivity index (χ3n) is 4.01. The highest BCUT2D eigenvalue weighted by Gasteiger charge is 2.13. The summed E-state index contributed by atoms with van der Waals surface area (Å²) in [6.07, 6.45) is 0.203. The molecular weight excluding hydrogens is 318 g/mol. The highest BCUT2D eigenvalue weighted by Crippen LogP contribution is 2.17. The van der Waals surface area contributed by atoms with Crippen molar-refractivity contribution in [2.45, 2.75) is 33.6 Å². The number of carboxylic acids is 1. The highest BCUT2D eigenvalue weighted by molar-refractivity contribution is 6.01. The standard InChI is InChI=1S/C20H21NO4/c1-12-4-5-13(2)17(10-12)18(22)8-9-19(23)21-15-6-7-16(20(24)25)14(3)11-15/h4-7,10-11H,8-9H2,1-3H3,(H,21,23)(H,24,25). The number of carbonyl (C=O) groups is 3. The summed E-state index contributed by atoms with van der Waals surface area (Å²) in [5, 5.41) is 11.7. The molecular formula is C20H21NO4. The molecule has 0 aliphatic heterocycles. The molecule has 0 spiro atoms. The maximum absolute atomic E-state index is 12.3. The minimum atomic E-state index is -1.01. The van der Waals surface area contributed by atoms with E-state index in [1.165, 1.54) is 6.07 Å². The summed E-state index contributed by atoms with van der Waals surface area (Å²) in [5.41, 5.74) is 3.84. The van der Waals surface area contributed by atoms with Gasteiger partial charge in [0.25, 0.3) is 0 Å². The molecule has 0 heterocycles. The second kappa shape index (κ2) is 7.75. The molecule has 2 rings (SSSR count). The number of benzene rings is 2. The highest BCUT2D eigenvalue weighted by atomic mass is 16.4. The predicted octanol–water partition coefficient (Wildman–Crippen LogP) is 3.91. The van der Waals surface area contributed by atoms with Gasteiger partial charge in [-0.15, -0.1) is 0 Å². The van der Waals surface area contributed by atoms with Crippen molar-refractivity contribution in [3.8, 4) is 0 Å². The third kappa shape index (κ3) is 4.76. The van der Waals surface area contributed by atoms with E-state index in [2.05, 4.69) is 5.32 Å². The number of hydrogen-bond donors (Lipinski definition) is 2. The molecule has 5 nitrogen and oxygen atoms in total. The van der Waals surface area contributed by atoms with Crippen LogP contribution < -0.4 is 5.32 Å². The van der Waals surface area contributed by atoms with Crippen LogP contribution in [0.1, 0.15) is 50.2 Å². The van der Waals surface area contributed by atoms with Crippen molar-refractivity contribution in [3.63, 3.8) is 0 Å². The van der Waals surface area contributed by atoms with Crippen molar-refractivity contribution in [3.05, 3.63) is 64.2 Å². The van der Waals surface area contributed by atoms with Crippen LogP contribution in [0.15, 0.2) is 36.4 Å². The van der Waals surface area contributed by atoms with Crippen LogP contribution in [0, 0.1) is 20.8 Å². The van der Waals surface area contributed by atoms with Crippen molar-refractivity contribution < 1.29 is 19.5 Å². The number of aryl methyl sites for hydroxylation is 3. The number of aromatic carboxylic acids is 1. The van der Waals surface area contributed by atoms with Crippen LogP contribution in [0.25, 0.3) is 0 Å². The minimum absolute atomic E-state index is 0.0613. The molecule has 0 saturated carbocycles. The predicted molar refractivity (Wildman–Crippen MR) is 96.2 cm³/mol. The number of carboxylic acid groups (broad SMARTS) is 1. The van der Waals surface area contributed by atoms with E-state index in [9.17, 15) is 14.4 Å². The Labute approximate surface area is 146 Å². The molecule has 0 aliphatic rings. The number of amides is 1. The SMILES string of the molecule is Cc1ccc(C)c(C(=O)CCC(=O)Nc2ccc(C(=O)O)c(C)c2)c1. The average molecular weight is 339 g/mol. The molecule has 0 aliphatic carbocycles. The Balaban J connectivity index is 1.97. The number of anilines is 1. The normalized spacial score (nSPS) is 10.4. The van der Waals surface area contributed by atoms with Crippen LogP contribution in [0.3, 0.4) is 0 Å². The summed E-state index contributed by atoms with van der Waals surface area (Å²) in [6, 6.07) is 10.3. The van der Waals surface area contributed by atoms with Gasteiger partial charge >= 0.3 is 5.97 Å². The molecule has 0 aromatic heterocycles. The van der Waals surface area contributed by atoms with Gasteiger partial charge in [-0.1, -0.05) is 17.7 Å². The number of carbonyl (C=O) groups excluding carboxylic acids is 2. The molecule has 0 fully saturated rings. The molecule has 5 heteroatoms. The first-order valence-corrected chi connectivity index (χ1v) is 8.02. The van der Waals surface area contributed by atoms with E-state index in [0.29, 0.717) is 16.8 Å². The molecule has 0 bridgehead atoms. The van der Waals surface area contributed by atoms with Gasteiger partial charge in [0.1, 0.15) is 0 Å². The largest absolute Gasteiger partial charge is 0.478 e. The fourth-order valence-corrected chi connectivity index (χ4v) is 2.60. The van der Waals surface area contributed by atoms with Crippen LogP contribution in [0.5, 0.6) is 0 Å². The first kappa shape index (κ1) is 18.4. The number of Topliss-reactive ketones (excluding diaryl/α,β-unsaturated/α-hetero) is 1. The van der Waals surface area contributed by atoms with Gasteiger partial charge in [0.2, 0.25) is 5.91 Å². The minimum Gasteiger partial charge on any atom is -0.478 e. The zero-order valence-corrected chi connectivity index (χ0v) is 14.6. The van der Waals surface area contributed by atoms with Gasteiger partial charge in [0, 0.05) is 24.1 Å². The van der Waals surface area contributed by atoms with E-state index in [4.69, 9.17) is 5.11 Å². The smallest absolute Gasteiger partial charge is 0.335 e. The van der Waals surface area contributed by atoms with Crippen molar-refractivity contribution in [2.75, 3.05) is 5.32 Å². The van der Waals surface area contributed by atoms with E-state index in [-0.39, 0.29) is 30.1 Å². The van der Waals surface area contributed by atoms with Gasteiger partial charge in [-0.2, -0.15) is 0 Å². The Morgan fingerprint density at radius 2 is 1.60 bits per heavy atom. The Morgan fingerprint density at radius 1 is 0.880 bits per heavy atom. The lowest BCUT2D eigenvalue weighted by Crippen LogP contribution is -2.14. The maximum atomic E-state index is 12.3. The number of rotatable bonds is 6. The van der Waals surface area contributed by atoms with Crippen molar-refractivity contribution >= 4 is 23.3 Å². The first-order chi connectivity index (χ1) is 11.8. The Hall–Kier alpha value is -2.95. The van der Waals surface area contributed by atoms with Gasteiger partial charge in [-0.3, -0.25) is 9.59 Å². The van der Waals surface area contributed by atoms with Gasteiger partial charge in [-0.25, -0.2) is 4.79 Å². The molecule has 130 valence electrons. The van der Waals surface area contributed by atoms with Gasteiger partial charge in [0.05, 0.1) is 5.56 Å². The molecule has 0 atom stereocenters. The van der Waals surface area contributed by atoms with Crippen LogP contribution >= 0.6 is 0 Å². The zero-order valence-electron chi connectivity index (χ0n) is 14.6. The van der Waals surface area contributed by atoms with Gasteiger partial charge < -0.3 is 10.4 Å². The van der Waals surface area contributed by atoms with E-state index in [1.807, 2.05) is 32.0 Å².